The van der Waals surface area contributed by atoms with E-state index in [1.807, 2.05) is 121 Å². The monoisotopic (exact) mass is 1730 g/mol. The van der Waals surface area contributed by atoms with Gasteiger partial charge in [0.1, 0.15) is 143 Å². The fourth-order valence-corrected chi connectivity index (χ4v) is 17.2. The summed E-state index contributed by atoms with van der Waals surface area (Å²) in [6, 6.07) is 80.7. The van der Waals surface area contributed by atoms with Crippen LogP contribution in [0.4, 0.5) is 0 Å². The lowest BCUT2D eigenvalue weighted by atomic mass is 9.80. The normalized spacial score (nSPS) is 16.8. The summed E-state index contributed by atoms with van der Waals surface area (Å²) in [6.07, 6.45) is -1.07. The van der Waals surface area contributed by atoms with Crippen molar-refractivity contribution in [2.45, 2.75) is 75.5 Å². The Morgan fingerprint density at radius 1 is 0.292 bits per heavy atom. The number of ether oxygens (including phenoxy) is 12. The van der Waals surface area contributed by atoms with E-state index >= 15 is 28.8 Å². The molecule has 6 aliphatic heterocycles. The first-order valence-electron chi connectivity index (χ1n) is 43.2. The van der Waals surface area contributed by atoms with Gasteiger partial charge in [0.05, 0.1) is 48.7 Å². The molecule has 6 atom stereocenters. The number of fused-ring (bicyclic) bond motifs is 2. The summed E-state index contributed by atoms with van der Waals surface area (Å²) in [5, 5.41) is 22.7. The summed E-state index contributed by atoms with van der Waals surface area (Å²) in [4.78, 5) is 108. The zero-order chi connectivity index (χ0) is 88.0. The highest BCUT2D eigenvalue weighted by Crippen LogP contribution is 2.59. The molecule has 15 aromatic carbocycles. The van der Waals surface area contributed by atoms with E-state index in [1.54, 1.807) is 155 Å². The van der Waals surface area contributed by atoms with Crippen LogP contribution in [0.2, 0.25) is 0 Å². The molecule has 4 fully saturated rings. The number of epoxide rings is 4. The first kappa shape index (κ1) is 81.7. The van der Waals surface area contributed by atoms with E-state index in [1.165, 1.54) is 24.3 Å². The summed E-state index contributed by atoms with van der Waals surface area (Å²) < 4.78 is 77.9. The summed E-state index contributed by atoms with van der Waals surface area (Å²) >= 11 is 0. The standard InChI is InChI=1S/C106H84N4O20/c111-69-37-33-63(34-38-69)41-87(105(117)107(51-65-17-5-1-6-18-65)52-66-19-7-2-8-20-66)109-101(113)83-47-89(127-75-29-13-25-71(43-75)119-55-79-59-123-79)95-97-91(129-77-31-15-27-73(45-77)121-57-81-61-125-81)49-85-94-86(104(116)110(103(85)115)88(42-64-35-39-70(112)40-36-64)106(118)108(53-67-21-9-3-10-22-67)54-68-23-11-4-12-24-68)50-92(130-78-32-16-28-74(46-78)122-58-82-62-126-82)98(100(94)97)96-90(48-84(102(109)114)93(83)99(95)96)128-76-30-14-26-72(44-76)120-56-80-60-124-80/h1-40,43-50,79-82,87-88,111-112H,41-42,51-62H2. The molecule has 21 rings (SSSR count). The number of amides is 6. The maximum Gasteiger partial charge on any atom is 0.262 e. The predicted molar refractivity (Wildman–Crippen MR) is 481 cm³/mol. The van der Waals surface area contributed by atoms with Gasteiger partial charge in [-0.05, 0) is 130 Å². The highest BCUT2D eigenvalue weighted by molar-refractivity contribution is 6.45. The lowest BCUT2D eigenvalue weighted by molar-refractivity contribution is -0.137. The van der Waals surface area contributed by atoms with E-state index in [0.717, 1.165) is 32.1 Å². The number of aromatic hydroxyl groups is 2. The molecule has 6 unspecified atom stereocenters. The van der Waals surface area contributed by atoms with Gasteiger partial charge in [-0.2, -0.15) is 0 Å². The van der Waals surface area contributed by atoms with E-state index in [9.17, 15) is 10.2 Å². The van der Waals surface area contributed by atoms with Gasteiger partial charge in [-0.1, -0.05) is 170 Å². The Morgan fingerprint density at radius 3 is 0.769 bits per heavy atom. The van der Waals surface area contributed by atoms with Crippen LogP contribution < -0.4 is 37.9 Å². The van der Waals surface area contributed by atoms with Gasteiger partial charge in [0.25, 0.3) is 23.6 Å². The quantitative estimate of drug-likeness (QED) is 0.0160. The topological polar surface area (TPSA) is 280 Å². The lowest BCUT2D eigenvalue weighted by Crippen LogP contribution is -2.55. The number of phenols is 2. The molecule has 24 nitrogen and oxygen atoms in total. The van der Waals surface area contributed by atoms with Crippen LogP contribution in [0, 0.1) is 0 Å². The van der Waals surface area contributed by atoms with Crippen LogP contribution in [-0.4, -0.2) is 155 Å². The molecule has 6 aliphatic rings. The molecule has 24 heteroatoms. The Balaban J connectivity index is 0.859. The Labute approximate surface area is 745 Å². The number of imide groups is 2. The van der Waals surface area contributed by atoms with Crippen LogP contribution in [0.5, 0.6) is 80.5 Å². The second-order valence-electron chi connectivity index (χ2n) is 33.1. The number of phenolic OH excluding ortho intramolecular Hbond substituents is 2. The van der Waals surface area contributed by atoms with Gasteiger partial charge in [-0.3, -0.25) is 38.6 Å². The van der Waals surface area contributed by atoms with Crippen molar-refractivity contribution in [2.75, 3.05) is 52.9 Å². The van der Waals surface area contributed by atoms with Gasteiger partial charge in [0.2, 0.25) is 11.8 Å². The first-order chi connectivity index (χ1) is 63.6. The number of hydrogen-bond donors (Lipinski definition) is 2. The molecule has 0 aromatic heterocycles. The molecule has 0 aliphatic carbocycles. The van der Waals surface area contributed by atoms with E-state index < -0.39 is 47.5 Å². The second-order valence-corrected chi connectivity index (χ2v) is 33.1. The van der Waals surface area contributed by atoms with Crippen LogP contribution in [0.15, 0.2) is 291 Å². The van der Waals surface area contributed by atoms with Crippen molar-refractivity contribution in [1.29, 1.82) is 0 Å². The molecule has 0 bridgehead atoms. The van der Waals surface area contributed by atoms with Crippen LogP contribution in [0.3, 0.4) is 0 Å². The lowest BCUT2D eigenvalue weighted by Gasteiger charge is -2.38. The number of carbonyl (C=O) groups is 6. The molecule has 0 saturated carbocycles. The molecule has 0 spiro atoms. The predicted octanol–water partition coefficient (Wildman–Crippen LogP) is 18.3. The smallest absolute Gasteiger partial charge is 0.262 e. The van der Waals surface area contributed by atoms with Gasteiger partial charge in [0.15, 0.2) is 0 Å². The van der Waals surface area contributed by atoms with Gasteiger partial charge in [-0.15, -0.1) is 0 Å². The number of nitrogens with zero attached hydrogens (tertiary/aromatic N) is 4. The number of rotatable bonds is 36. The Hall–Kier alpha value is -15.3. The van der Waals surface area contributed by atoms with Gasteiger partial charge < -0.3 is 76.9 Å². The third kappa shape index (κ3) is 17.3. The number of hydrogen-bond acceptors (Lipinski definition) is 20. The summed E-state index contributed by atoms with van der Waals surface area (Å²) in [7, 11) is 0. The van der Waals surface area contributed by atoms with E-state index in [4.69, 9.17) is 56.8 Å². The molecular weight excluding hydrogens is 1650 g/mol. The van der Waals surface area contributed by atoms with Crippen molar-refractivity contribution in [3.63, 3.8) is 0 Å². The molecule has 6 amide bonds. The van der Waals surface area contributed by atoms with Crippen molar-refractivity contribution in [1.82, 2.24) is 19.6 Å². The minimum Gasteiger partial charge on any atom is -0.508 e. The van der Waals surface area contributed by atoms with Crippen molar-refractivity contribution >= 4 is 78.5 Å². The molecule has 130 heavy (non-hydrogen) atoms. The van der Waals surface area contributed by atoms with Crippen molar-refractivity contribution < 1.29 is 95.8 Å². The Bertz CT molecular complexity index is 6130. The van der Waals surface area contributed by atoms with Crippen molar-refractivity contribution in [3.8, 4) is 80.5 Å². The first-order valence-corrected chi connectivity index (χ1v) is 43.2. The van der Waals surface area contributed by atoms with Crippen molar-refractivity contribution in [3.05, 3.63) is 347 Å². The van der Waals surface area contributed by atoms with E-state index in [0.29, 0.717) is 60.6 Å². The molecule has 0 radical (unpaired) electrons. The van der Waals surface area contributed by atoms with Gasteiger partial charge in [-0.25, -0.2) is 0 Å². The van der Waals surface area contributed by atoms with Gasteiger partial charge in [0, 0.05) is 106 Å². The minimum absolute atomic E-state index is 0.0528. The minimum atomic E-state index is -1.61. The summed E-state index contributed by atoms with van der Waals surface area (Å²) in [5.41, 5.74) is 3.62. The van der Waals surface area contributed by atoms with Crippen LogP contribution >= 0.6 is 0 Å². The summed E-state index contributed by atoms with van der Waals surface area (Å²) in [5.74, 6) is -2.80. The third-order valence-corrected chi connectivity index (χ3v) is 23.9. The summed E-state index contributed by atoms with van der Waals surface area (Å²) in [6.45, 7) is 3.09. The maximum atomic E-state index is 17.4. The van der Waals surface area contributed by atoms with Crippen LogP contribution in [0.25, 0.3) is 43.1 Å². The SMILES string of the molecule is O=C(C(Cc1ccc(O)cc1)N1C(=O)c2cc(Oc3cccc(OCC4CO4)c3)c3c4c(Oc5cccc(OCC6CO6)c5)cc5c6c(cc(Oc7cccc(OCC8CO8)c7)c(c7c(Oc8cccc(OCC9CO9)c8)cc(c2c37)C1=O)c64)C(=O)N(C(Cc1ccc(O)cc1)C(=O)N(Cc1ccccc1)Cc1ccccc1)C5=O)N(Cc1ccccc1)Cc1ccccc1. The van der Waals surface area contributed by atoms with Crippen LogP contribution in [-0.2, 0) is 67.6 Å². The average molecular weight is 1730 g/mol. The van der Waals surface area contributed by atoms with Gasteiger partial charge >= 0.3 is 0 Å². The fraction of sp³-hybridized carbons (Fsp3) is 0.189. The molecular formula is C106H84N4O20. The Kier molecular flexibility index (Phi) is 22.1. The van der Waals surface area contributed by atoms with E-state index in [2.05, 4.69) is 0 Å². The fourth-order valence-electron chi connectivity index (χ4n) is 17.2. The molecule has 648 valence electrons. The highest BCUT2D eigenvalue weighted by atomic mass is 16.6. The molecule has 15 aromatic rings. The van der Waals surface area contributed by atoms with E-state index in [-0.39, 0.29) is 213 Å². The maximum absolute atomic E-state index is 17.4. The zero-order valence-electron chi connectivity index (χ0n) is 70.1. The zero-order valence-corrected chi connectivity index (χ0v) is 70.1. The van der Waals surface area contributed by atoms with Crippen molar-refractivity contribution in [2.24, 2.45) is 0 Å². The molecule has 4 saturated heterocycles. The largest absolute Gasteiger partial charge is 0.508 e. The molecule has 6 heterocycles. The third-order valence-electron chi connectivity index (χ3n) is 23.9. The second kappa shape index (κ2) is 35.1. The Morgan fingerprint density at radius 2 is 0.531 bits per heavy atom. The van der Waals surface area contributed by atoms with Crippen LogP contribution in [0.1, 0.15) is 74.8 Å². The highest BCUT2D eigenvalue weighted by Gasteiger charge is 2.48. The number of carbonyl (C=O) groups excluding carboxylic acids is 6. The molecule has 2 N–H and O–H groups in total. The number of benzene rings is 15. The average Bonchev–Trinajstić information content (AvgIpc) is 0.719.